The monoisotopic (exact) mass is 375 g/mol. The maximum absolute atomic E-state index is 12.8. The van der Waals surface area contributed by atoms with Gasteiger partial charge in [-0.05, 0) is 43.2 Å². The molecule has 3 aromatic heterocycles. The van der Waals surface area contributed by atoms with Crippen molar-refractivity contribution in [1.29, 1.82) is 0 Å². The number of aryl methyl sites for hydroxylation is 3. The summed E-state index contributed by atoms with van der Waals surface area (Å²) in [6.07, 6.45) is 2.63. The van der Waals surface area contributed by atoms with E-state index in [4.69, 9.17) is 0 Å². The summed E-state index contributed by atoms with van der Waals surface area (Å²) in [7, 11) is 0. The van der Waals surface area contributed by atoms with E-state index in [-0.39, 0.29) is 5.91 Å². The Labute approximate surface area is 162 Å². The largest absolute Gasteiger partial charge is 0.345 e. The molecule has 0 spiro atoms. The lowest BCUT2D eigenvalue weighted by atomic mass is 10.1. The van der Waals surface area contributed by atoms with E-state index in [2.05, 4.69) is 52.1 Å². The molecule has 136 valence electrons. The maximum Gasteiger partial charge on any atom is 0.268 e. The van der Waals surface area contributed by atoms with Crippen molar-refractivity contribution in [2.24, 2.45) is 0 Å². The van der Waals surface area contributed by atoms with Crippen LogP contribution in [0.3, 0.4) is 0 Å². The molecule has 0 bridgehead atoms. The number of nitrogens with one attached hydrogen (secondary N) is 1. The van der Waals surface area contributed by atoms with Crippen LogP contribution in [0.25, 0.3) is 10.2 Å². The van der Waals surface area contributed by atoms with Crippen LogP contribution in [0, 0.1) is 6.92 Å². The summed E-state index contributed by atoms with van der Waals surface area (Å²) < 4.78 is 3.29. The third-order valence-corrected chi connectivity index (χ3v) is 5.56. The predicted molar refractivity (Wildman–Crippen MR) is 110 cm³/mol. The minimum atomic E-state index is -0.0604. The second-order valence-corrected chi connectivity index (χ2v) is 7.82. The zero-order valence-corrected chi connectivity index (χ0v) is 16.0. The molecule has 0 aliphatic heterocycles. The second kappa shape index (κ2) is 7.76. The number of hydrogen-bond acceptors (Lipinski definition) is 3. The molecule has 0 unspecified atom stereocenters. The van der Waals surface area contributed by atoms with Crippen molar-refractivity contribution in [2.45, 2.75) is 26.4 Å². The summed E-state index contributed by atoms with van der Waals surface area (Å²) in [6, 6.07) is 20.3. The third kappa shape index (κ3) is 3.93. The minimum absolute atomic E-state index is 0.0604. The first kappa shape index (κ1) is 17.5. The summed E-state index contributed by atoms with van der Waals surface area (Å²) in [4.78, 5) is 18.4. The van der Waals surface area contributed by atoms with E-state index in [9.17, 15) is 4.79 Å². The Bertz CT molecular complexity index is 1050. The molecule has 1 aromatic carbocycles. The van der Waals surface area contributed by atoms with Crippen LogP contribution in [0.5, 0.6) is 0 Å². The van der Waals surface area contributed by atoms with Gasteiger partial charge in [0.15, 0.2) is 0 Å². The molecule has 0 saturated heterocycles. The summed E-state index contributed by atoms with van der Waals surface area (Å²) in [5.74, 6) is -0.0604. The van der Waals surface area contributed by atoms with Crippen LogP contribution in [0.15, 0.2) is 66.9 Å². The number of aromatic nitrogens is 2. The van der Waals surface area contributed by atoms with E-state index in [1.165, 1.54) is 10.4 Å². The van der Waals surface area contributed by atoms with E-state index in [1.54, 1.807) is 17.5 Å². The lowest BCUT2D eigenvalue weighted by Gasteiger charge is -2.11. The molecule has 0 saturated carbocycles. The van der Waals surface area contributed by atoms with Crippen LogP contribution in [0.4, 0.5) is 0 Å². The van der Waals surface area contributed by atoms with Crippen LogP contribution >= 0.6 is 11.3 Å². The van der Waals surface area contributed by atoms with E-state index < -0.39 is 0 Å². The minimum Gasteiger partial charge on any atom is -0.345 e. The van der Waals surface area contributed by atoms with Crippen molar-refractivity contribution in [3.05, 3.63) is 88.7 Å². The molecule has 1 N–H and O–H groups in total. The Morgan fingerprint density at radius 3 is 2.70 bits per heavy atom. The number of carbonyl (C=O) groups is 1. The number of nitrogens with zero attached hydrogens (tertiary/aromatic N) is 2. The molecule has 1 amide bonds. The Morgan fingerprint density at radius 2 is 1.93 bits per heavy atom. The SMILES string of the molecule is Cc1cc2c(cc(C(=O)NCc3ccccn3)n2CCc2ccccc2)s1. The lowest BCUT2D eigenvalue weighted by Crippen LogP contribution is -2.26. The van der Waals surface area contributed by atoms with Crippen molar-refractivity contribution in [3.8, 4) is 0 Å². The third-order valence-electron chi connectivity index (χ3n) is 4.57. The summed E-state index contributed by atoms with van der Waals surface area (Å²) >= 11 is 1.73. The maximum atomic E-state index is 12.8. The van der Waals surface area contributed by atoms with Crippen LogP contribution in [0.1, 0.15) is 26.6 Å². The fourth-order valence-electron chi connectivity index (χ4n) is 3.24. The van der Waals surface area contributed by atoms with E-state index in [0.717, 1.165) is 28.9 Å². The van der Waals surface area contributed by atoms with Crippen molar-refractivity contribution in [2.75, 3.05) is 0 Å². The molecule has 0 atom stereocenters. The molecule has 3 heterocycles. The van der Waals surface area contributed by atoms with E-state index in [0.29, 0.717) is 12.2 Å². The average molecular weight is 375 g/mol. The van der Waals surface area contributed by atoms with Gasteiger partial charge >= 0.3 is 0 Å². The number of pyridine rings is 1. The van der Waals surface area contributed by atoms with Gasteiger partial charge in [-0.15, -0.1) is 11.3 Å². The summed E-state index contributed by atoms with van der Waals surface area (Å²) in [5, 5.41) is 3.00. The Hall–Kier alpha value is -2.92. The molecule has 27 heavy (non-hydrogen) atoms. The fourth-order valence-corrected chi connectivity index (χ4v) is 4.21. The smallest absolute Gasteiger partial charge is 0.268 e. The van der Waals surface area contributed by atoms with Gasteiger partial charge in [0, 0.05) is 17.6 Å². The molecule has 0 radical (unpaired) electrons. The van der Waals surface area contributed by atoms with Crippen molar-refractivity contribution < 1.29 is 4.79 Å². The van der Waals surface area contributed by atoms with Crippen LogP contribution < -0.4 is 5.32 Å². The highest BCUT2D eigenvalue weighted by molar-refractivity contribution is 7.19. The van der Waals surface area contributed by atoms with Gasteiger partial charge < -0.3 is 9.88 Å². The van der Waals surface area contributed by atoms with E-state index >= 15 is 0 Å². The van der Waals surface area contributed by atoms with Crippen molar-refractivity contribution >= 4 is 27.5 Å². The number of fused-ring (bicyclic) bond motifs is 1. The predicted octanol–water partition coefficient (Wildman–Crippen LogP) is 4.58. The van der Waals surface area contributed by atoms with Crippen molar-refractivity contribution in [3.63, 3.8) is 0 Å². The second-order valence-electron chi connectivity index (χ2n) is 6.53. The number of rotatable bonds is 6. The molecular formula is C22H21N3OS. The van der Waals surface area contributed by atoms with Gasteiger partial charge in [-0.2, -0.15) is 0 Å². The van der Waals surface area contributed by atoms with Gasteiger partial charge in [0.25, 0.3) is 5.91 Å². The van der Waals surface area contributed by atoms with Gasteiger partial charge in [0.2, 0.25) is 0 Å². The van der Waals surface area contributed by atoms with Gasteiger partial charge in [-0.25, -0.2) is 0 Å². The Morgan fingerprint density at radius 1 is 1.11 bits per heavy atom. The number of amides is 1. The highest BCUT2D eigenvalue weighted by Crippen LogP contribution is 2.29. The summed E-state index contributed by atoms with van der Waals surface area (Å²) in [5.41, 5.74) is 3.97. The van der Waals surface area contributed by atoms with Gasteiger partial charge in [0.1, 0.15) is 5.69 Å². The van der Waals surface area contributed by atoms with Crippen LogP contribution in [0.2, 0.25) is 0 Å². The number of hydrogen-bond donors (Lipinski definition) is 1. The molecule has 4 aromatic rings. The summed E-state index contributed by atoms with van der Waals surface area (Å²) in [6.45, 7) is 3.30. The topological polar surface area (TPSA) is 46.9 Å². The molecular weight excluding hydrogens is 354 g/mol. The highest BCUT2D eigenvalue weighted by Gasteiger charge is 2.17. The zero-order valence-electron chi connectivity index (χ0n) is 15.2. The molecule has 0 aliphatic carbocycles. The molecule has 4 rings (SSSR count). The standard InChI is InChI=1S/C22H21N3OS/c1-16-13-19-21(27-16)14-20(22(26)24-15-18-9-5-6-11-23-18)25(19)12-10-17-7-3-2-4-8-17/h2-9,11,13-14H,10,12,15H2,1H3,(H,24,26). The Kier molecular flexibility index (Phi) is 5.03. The number of carbonyl (C=O) groups excluding carboxylic acids is 1. The van der Waals surface area contributed by atoms with Gasteiger partial charge in [-0.3, -0.25) is 9.78 Å². The molecule has 5 heteroatoms. The van der Waals surface area contributed by atoms with E-state index in [1.807, 2.05) is 30.3 Å². The zero-order chi connectivity index (χ0) is 18.6. The normalized spacial score (nSPS) is 11.0. The molecule has 0 aliphatic rings. The Balaban J connectivity index is 1.57. The quantitative estimate of drug-likeness (QED) is 0.536. The number of benzene rings is 1. The number of thiophene rings is 1. The first-order valence-corrected chi connectivity index (χ1v) is 9.84. The first-order chi connectivity index (χ1) is 13.2. The lowest BCUT2D eigenvalue weighted by molar-refractivity contribution is 0.0941. The average Bonchev–Trinajstić information content (AvgIpc) is 3.22. The van der Waals surface area contributed by atoms with Crippen LogP contribution in [-0.4, -0.2) is 15.5 Å². The van der Waals surface area contributed by atoms with Crippen LogP contribution in [-0.2, 0) is 19.5 Å². The molecule has 0 fully saturated rings. The fraction of sp³-hybridized carbons (Fsp3) is 0.182. The van der Waals surface area contributed by atoms with Gasteiger partial charge in [-0.1, -0.05) is 36.4 Å². The first-order valence-electron chi connectivity index (χ1n) is 9.02. The molecule has 4 nitrogen and oxygen atoms in total. The van der Waals surface area contributed by atoms with Crippen molar-refractivity contribution in [1.82, 2.24) is 14.9 Å². The highest BCUT2D eigenvalue weighted by atomic mass is 32.1. The van der Waals surface area contributed by atoms with Gasteiger partial charge in [0.05, 0.1) is 22.5 Å².